The molecule has 1 heterocycles. The van der Waals surface area contributed by atoms with E-state index in [1.54, 1.807) is 0 Å². The highest BCUT2D eigenvalue weighted by Crippen LogP contribution is 2.18. The van der Waals surface area contributed by atoms with Crippen molar-refractivity contribution in [3.63, 3.8) is 0 Å². The fraction of sp³-hybridized carbons (Fsp3) is 0.818. The average molecular weight is 198 g/mol. The van der Waals surface area contributed by atoms with Crippen LogP contribution in [-0.2, 0) is 4.74 Å². The summed E-state index contributed by atoms with van der Waals surface area (Å²) in [5.74, 6) is 0.703. The Labute approximate surface area is 86.9 Å². The van der Waals surface area contributed by atoms with Crippen molar-refractivity contribution in [3.05, 3.63) is 12.7 Å². The Kier molecular flexibility index (Phi) is 5.83. The third-order valence-corrected chi connectivity index (χ3v) is 2.71. The monoisotopic (exact) mass is 198 g/mol. The molecule has 1 fully saturated rings. The average Bonchev–Trinajstić information content (AvgIpc) is 2.58. The predicted octanol–water partition coefficient (Wildman–Crippen LogP) is 0.777. The van der Waals surface area contributed by atoms with Gasteiger partial charge in [-0.2, -0.15) is 0 Å². The fourth-order valence-corrected chi connectivity index (χ4v) is 1.71. The van der Waals surface area contributed by atoms with E-state index in [2.05, 4.69) is 24.1 Å². The molecule has 0 aromatic rings. The van der Waals surface area contributed by atoms with Gasteiger partial charge in [-0.25, -0.2) is 0 Å². The Morgan fingerprint density at radius 3 is 2.86 bits per heavy atom. The molecule has 2 unspecified atom stereocenters. The van der Waals surface area contributed by atoms with Gasteiger partial charge in [0.05, 0.1) is 6.10 Å². The number of hydrogen-bond acceptors (Lipinski definition) is 3. The van der Waals surface area contributed by atoms with Gasteiger partial charge in [0.2, 0.25) is 0 Å². The lowest BCUT2D eigenvalue weighted by Gasteiger charge is -2.14. The second kappa shape index (κ2) is 6.98. The quantitative estimate of drug-likeness (QED) is 0.468. The molecule has 0 aliphatic carbocycles. The third-order valence-electron chi connectivity index (χ3n) is 2.71. The summed E-state index contributed by atoms with van der Waals surface area (Å²) in [4.78, 5) is 0. The highest BCUT2D eigenvalue weighted by Gasteiger charge is 2.23. The molecule has 1 rings (SSSR count). The van der Waals surface area contributed by atoms with Crippen LogP contribution < -0.4 is 10.6 Å². The Balaban J connectivity index is 1.90. The van der Waals surface area contributed by atoms with Crippen molar-refractivity contribution in [2.75, 3.05) is 32.8 Å². The van der Waals surface area contributed by atoms with Gasteiger partial charge in [0.1, 0.15) is 0 Å². The summed E-state index contributed by atoms with van der Waals surface area (Å²) < 4.78 is 5.49. The molecule has 3 nitrogen and oxygen atoms in total. The summed E-state index contributed by atoms with van der Waals surface area (Å²) in [5, 5.41) is 6.70. The second-order valence-corrected chi connectivity index (χ2v) is 3.82. The van der Waals surface area contributed by atoms with Crippen LogP contribution in [0, 0.1) is 5.92 Å². The van der Waals surface area contributed by atoms with Gasteiger partial charge in [-0.3, -0.25) is 0 Å². The van der Waals surface area contributed by atoms with Crippen LogP contribution in [-0.4, -0.2) is 38.9 Å². The van der Waals surface area contributed by atoms with Gasteiger partial charge < -0.3 is 15.4 Å². The van der Waals surface area contributed by atoms with Crippen molar-refractivity contribution >= 4 is 0 Å². The molecule has 0 spiro atoms. The summed E-state index contributed by atoms with van der Waals surface area (Å²) in [5.41, 5.74) is 0. The molecule has 0 amide bonds. The van der Waals surface area contributed by atoms with Gasteiger partial charge in [0.15, 0.2) is 0 Å². The first-order valence-electron chi connectivity index (χ1n) is 5.48. The molecule has 0 radical (unpaired) electrons. The molecule has 1 aliphatic rings. The number of ether oxygens (including phenoxy) is 1. The van der Waals surface area contributed by atoms with E-state index < -0.39 is 0 Å². The molecule has 2 N–H and O–H groups in total. The molecule has 0 aromatic heterocycles. The molecule has 82 valence electrons. The number of rotatable bonds is 7. The lowest BCUT2D eigenvalue weighted by Crippen LogP contribution is -2.32. The number of hydrogen-bond donors (Lipinski definition) is 2. The highest BCUT2D eigenvalue weighted by atomic mass is 16.5. The zero-order valence-electron chi connectivity index (χ0n) is 9.09. The fourth-order valence-electron chi connectivity index (χ4n) is 1.71. The molecule has 2 atom stereocenters. The summed E-state index contributed by atoms with van der Waals surface area (Å²) >= 11 is 0. The SMILES string of the molecule is C=CCNCCNCC1CCOC1C. The minimum Gasteiger partial charge on any atom is -0.378 e. The first-order valence-corrected chi connectivity index (χ1v) is 5.48. The first kappa shape index (κ1) is 11.7. The molecular weight excluding hydrogens is 176 g/mol. The van der Waals surface area contributed by atoms with Crippen LogP contribution in [0.25, 0.3) is 0 Å². The van der Waals surface area contributed by atoms with E-state index in [0.29, 0.717) is 12.0 Å². The maximum atomic E-state index is 5.49. The lowest BCUT2D eigenvalue weighted by atomic mass is 10.0. The maximum Gasteiger partial charge on any atom is 0.0588 e. The van der Waals surface area contributed by atoms with Crippen molar-refractivity contribution in [2.45, 2.75) is 19.4 Å². The highest BCUT2D eigenvalue weighted by molar-refractivity contribution is 4.75. The Morgan fingerprint density at radius 1 is 1.43 bits per heavy atom. The topological polar surface area (TPSA) is 33.3 Å². The van der Waals surface area contributed by atoms with E-state index in [1.807, 2.05) is 6.08 Å². The minimum absolute atomic E-state index is 0.434. The van der Waals surface area contributed by atoms with Crippen LogP contribution in [0.2, 0.25) is 0 Å². The summed E-state index contributed by atoms with van der Waals surface area (Å²) in [7, 11) is 0. The minimum atomic E-state index is 0.434. The zero-order valence-corrected chi connectivity index (χ0v) is 9.09. The smallest absolute Gasteiger partial charge is 0.0588 e. The van der Waals surface area contributed by atoms with Crippen LogP contribution in [0.3, 0.4) is 0 Å². The third kappa shape index (κ3) is 4.22. The van der Waals surface area contributed by atoms with Crippen molar-refractivity contribution in [2.24, 2.45) is 5.92 Å². The van der Waals surface area contributed by atoms with Crippen LogP contribution in [0.1, 0.15) is 13.3 Å². The van der Waals surface area contributed by atoms with E-state index in [9.17, 15) is 0 Å². The van der Waals surface area contributed by atoms with Crippen molar-refractivity contribution in [1.82, 2.24) is 10.6 Å². The Hall–Kier alpha value is -0.380. The van der Waals surface area contributed by atoms with Crippen LogP contribution in [0.5, 0.6) is 0 Å². The first-order chi connectivity index (χ1) is 6.84. The van der Waals surface area contributed by atoms with Gasteiger partial charge in [-0.15, -0.1) is 6.58 Å². The van der Waals surface area contributed by atoms with E-state index in [0.717, 1.165) is 32.8 Å². The van der Waals surface area contributed by atoms with Gasteiger partial charge in [0.25, 0.3) is 0 Å². The Morgan fingerprint density at radius 2 is 2.21 bits per heavy atom. The normalized spacial score (nSPS) is 26.6. The van der Waals surface area contributed by atoms with Crippen molar-refractivity contribution < 1.29 is 4.74 Å². The molecule has 0 saturated carbocycles. The molecule has 0 aromatic carbocycles. The van der Waals surface area contributed by atoms with Gasteiger partial charge in [-0.05, 0) is 19.3 Å². The predicted molar refractivity (Wildman–Crippen MR) is 59.5 cm³/mol. The summed E-state index contributed by atoms with van der Waals surface area (Å²) in [6, 6.07) is 0. The molecular formula is C11H22N2O. The van der Waals surface area contributed by atoms with Crippen LogP contribution >= 0.6 is 0 Å². The Bertz CT molecular complexity index is 161. The van der Waals surface area contributed by atoms with Gasteiger partial charge >= 0.3 is 0 Å². The molecule has 1 aliphatic heterocycles. The van der Waals surface area contributed by atoms with Gasteiger partial charge in [0, 0.05) is 32.8 Å². The maximum absolute atomic E-state index is 5.49. The van der Waals surface area contributed by atoms with Crippen LogP contribution in [0.15, 0.2) is 12.7 Å². The van der Waals surface area contributed by atoms with E-state index in [4.69, 9.17) is 4.74 Å². The van der Waals surface area contributed by atoms with Crippen LogP contribution in [0.4, 0.5) is 0 Å². The van der Waals surface area contributed by atoms with E-state index in [1.165, 1.54) is 6.42 Å². The van der Waals surface area contributed by atoms with E-state index >= 15 is 0 Å². The summed E-state index contributed by atoms with van der Waals surface area (Å²) in [6.45, 7) is 10.8. The standard InChI is InChI=1S/C11H22N2O/c1-3-5-12-6-7-13-9-11-4-8-14-10(11)2/h3,10-13H,1,4-9H2,2H3. The number of nitrogens with one attached hydrogen (secondary N) is 2. The lowest BCUT2D eigenvalue weighted by molar-refractivity contribution is 0.105. The zero-order chi connectivity index (χ0) is 10.2. The molecule has 14 heavy (non-hydrogen) atoms. The van der Waals surface area contributed by atoms with E-state index in [-0.39, 0.29) is 0 Å². The second-order valence-electron chi connectivity index (χ2n) is 3.82. The summed E-state index contributed by atoms with van der Waals surface area (Å²) in [6.07, 6.45) is 3.52. The van der Waals surface area contributed by atoms with Gasteiger partial charge in [-0.1, -0.05) is 6.08 Å². The molecule has 1 saturated heterocycles. The van der Waals surface area contributed by atoms with Crippen molar-refractivity contribution in [3.8, 4) is 0 Å². The molecule has 3 heteroatoms. The van der Waals surface area contributed by atoms with Crippen molar-refractivity contribution in [1.29, 1.82) is 0 Å². The molecule has 0 bridgehead atoms. The largest absolute Gasteiger partial charge is 0.378 e.